The van der Waals surface area contributed by atoms with E-state index in [1.54, 1.807) is 11.3 Å². The van der Waals surface area contributed by atoms with Gasteiger partial charge in [0.1, 0.15) is 0 Å². The predicted octanol–water partition coefficient (Wildman–Crippen LogP) is 1.42. The second-order valence-corrected chi connectivity index (χ2v) is 3.30. The highest BCUT2D eigenvalue weighted by molar-refractivity contribution is 7.07. The molecule has 1 aromatic heterocycles. The average molecular weight is 198 g/mol. The smallest absolute Gasteiger partial charge is 0.371 e. The summed E-state index contributed by atoms with van der Waals surface area (Å²) in [6.07, 6.45) is 1.83. The molecule has 0 aliphatic heterocycles. The Morgan fingerprint density at radius 1 is 1.62 bits per heavy atom. The molecule has 13 heavy (non-hydrogen) atoms. The molecule has 0 saturated carbocycles. The first-order valence-electron chi connectivity index (χ1n) is 3.96. The zero-order chi connectivity index (χ0) is 9.52. The fraction of sp³-hybridized carbons (Fsp3) is 0.333. The molecule has 1 aromatic rings. The van der Waals surface area contributed by atoms with Crippen LogP contribution in [0.25, 0.3) is 0 Å². The molecule has 0 unspecified atom stereocenters. The van der Waals surface area contributed by atoms with E-state index in [-0.39, 0.29) is 6.29 Å². The van der Waals surface area contributed by atoms with Crippen LogP contribution in [0, 0.1) is 0 Å². The van der Waals surface area contributed by atoms with E-state index >= 15 is 0 Å². The van der Waals surface area contributed by atoms with Gasteiger partial charge in [0.05, 0.1) is 6.61 Å². The molecule has 0 aromatic carbocycles. The lowest BCUT2D eigenvalue weighted by Crippen LogP contribution is -2.06. The van der Waals surface area contributed by atoms with Crippen molar-refractivity contribution in [2.24, 2.45) is 0 Å². The summed E-state index contributed by atoms with van der Waals surface area (Å²) in [5.41, 5.74) is 1.24. The Kier molecular flexibility index (Phi) is 4.18. The highest BCUT2D eigenvalue weighted by atomic mass is 32.1. The first-order valence-corrected chi connectivity index (χ1v) is 4.90. The average Bonchev–Trinajstić information content (AvgIpc) is 2.64. The lowest BCUT2D eigenvalue weighted by Gasteiger charge is -1.98. The maximum Gasteiger partial charge on any atom is 0.371 e. The number of hydrogen-bond donors (Lipinski definition) is 0. The van der Waals surface area contributed by atoms with E-state index < -0.39 is 5.97 Å². The van der Waals surface area contributed by atoms with E-state index in [2.05, 4.69) is 10.1 Å². The summed E-state index contributed by atoms with van der Waals surface area (Å²) in [5.74, 6) is -0.787. The number of aryl methyl sites for hydroxylation is 1. The maximum atomic E-state index is 10.4. The molecule has 0 spiro atoms. The zero-order valence-corrected chi connectivity index (χ0v) is 7.88. The van der Waals surface area contributed by atoms with Crippen LogP contribution in [0.4, 0.5) is 0 Å². The maximum absolute atomic E-state index is 10.4. The molecule has 0 aliphatic rings. The van der Waals surface area contributed by atoms with Crippen LogP contribution < -0.4 is 0 Å². The summed E-state index contributed by atoms with van der Waals surface area (Å²) in [5, 5.41) is 4.06. The Hall–Kier alpha value is -1.16. The van der Waals surface area contributed by atoms with Gasteiger partial charge < -0.3 is 4.74 Å². The van der Waals surface area contributed by atoms with Crippen LogP contribution in [0.15, 0.2) is 16.8 Å². The zero-order valence-electron chi connectivity index (χ0n) is 7.06. The Morgan fingerprint density at radius 2 is 2.46 bits per heavy atom. The summed E-state index contributed by atoms with van der Waals surface area (Å²) in [4.78, 5) is 20.2. The van der Waals surface area contributed by atoms with Crippen LogP contribution in [-0.2, 0) is 20.7 Å². The Morgan fingerprint density at radius 3 is 3.08 bits per heavy atom. The number of carbonyl (C=O) groups is 2. The Bertz CT molecular complexity index is 266. The molecule has 1 rings (SSSR count). The minimum Gasteiger partial charge on any atom is -0.460 e. The minimum atomic E-state index is -0.787. The van der Waals surface area contributed by atoms with E-state index in [1.807, 2.05) is 11.4 Å². The van der Waals surface area contributed by atoms with E-state index in [0.29, 0.717) is 6.61 Å². The fourth-order valence-electron chi connectivity index (χ4n) is 0.918. The highest BCUT2D eigenvalue weighted by Gasteiger charge is 1.98. The monoisotopic (exact) mass is 198 g/mol. The van der Waals surface area contributed by atoms with Crippen molar-refractivity contribution in [3.05, 3.63) is 22.4 Å². The molecule has 1 heterocycles. The molecule has 3 nitrogen and oxygen atoms in total. The molecule has 4 heteroatoms. The molecule has 0 amide bonds. The van der Waals surface area contributed by atoms with Gasteiger partial charge in [-0.25, -0.2) is 4.79 Å². The van der Waals surface area contributed by atoms with E-state index in [0.717, 1.165) is 12.8 Å². The van der Waals surface area contributed by atoms with Crippen LogP contribution >= 0.6 is 11.3 Å². The summed E-state index contributed by atoms with van der Waals surface area (Å²) in [7, 11) is 0. The van der Waals surface area contributed by atoms with Gasteiger partial charge in [-0.1, -0.05) is 0 Å². The molecule has 0 saturated heterocycles. The Labute approximate surface area is 80.3 Å². The standard InChI is InChI=1S/C9H10O3S/c10-6-9(11)12-4-1-2-8-3-5-13-7-8/h3,5-7H,1-2,4H2. The van der Waals surface area contributed by atoms with Gasteiger partial charge >= 0.3 is 5.97 Å². The molecule has 70 valence electrons. The van der Waals surface area contributed by atoms with Crippen LogP contribution in [-0.4, -0.2) is 18.9 Å². The molecular weight excluding hydrogens is 188 g/mol. The van der Waals surface area contributed by atoms with Crippen molar-refractivity contribution >= 4 is 23.6 Å². The number of rotatable bonds is 5. The van der Waals surface area contributed by atoms with Gasteiger partial charge in [-0.2, -0.15) is 11.3 Å². The largest absolute Gasteiger partial charge is 0.460 e. The van der Waals surface area contributed by atoms with Crippen LogP contribution in [0.2, 0.25) is 0 Å². The van der Waals surface area contributed by atoms with Crippen molar-refractivity contribution in [1.82, 2.24) is 0 Å². The quantitative estimate of drug-likeness (QED) is 0.311. The summed E-state index contributed by atoms with van der Waals surface area (Å²) >= 11 is 1.64. The molecular formula is C9H10O3S. The third-order valence-corrected chi connectivity index (χ3v) is 2.26. The van der Waals surface area contributed by atoms with Crippen LogP contribution in [0.1, 0.15) is 12.0 Å². The van der Waals surface area contributed by atoms with Gasteiger partial charge in [-0.05, 0) is 35.2 Å². The van der Waals surface area contributed by atoms with Crippen LogP contribution in [0.3, 0.4) is 0 Å². The number of ether oxygens (including phenoxy) is 1. The number of aldehydes is 1. The van der Waals surface area contributed by atoms with Crippen molar-refractivity contribution in [3.63, 3.8) is 0 Å². The molecule has 0 radical (unpaired) electrons. The highest BCUT2D eigenvalue weighted by Crippen LogP contribution is 2.08. The summed E-state index contributed by atoms with van der Waals surface area (Å²) in [6, 6.07) is 2.03. The van der Waals surface area contributed by atoms with Crippen molar-refractivity contribution in [2.45, 2.75) is 12.8 Å². The normalized spacial score (nSPS) is 9.54. The minimum absolute atomic E-state index is 0.185. The van der Waals surface area contributed by atoms with Gasteiger partial charge in [-0.3, -0.25) is 4.79 Å². The van der Waals surface area contributed by atoms with Crippen molar-refractivity contribution in [1.29, 1.82) is 0 Å². The van der Waals surface area contributed by atoms with Crippen LogP contribution in [0.5, 0.6) is 0 Å². The SMILES string of the molecule is O=CC(=O)OCCCc1ccsc1. The van der Waals surface area contributed by atoms with Gasteiger partial charge in [0.15, 0.2) is 0 Å². The first kappa shape index (κ1) is 9.92. The summed E-state index contributed by atoms with van der Waals surface area (Å²) in [6.45, 7) is 0.313. The lowest BCUT2D eigenvalue weighted by atomic mass is 10.2. The lowest BCUT2D eigenvalue weighted by molar-refractivity contribution is -0.148. The van der Waals surface area contributed by atoms with E-state index in [1.165, 1.54) is 5.56 Å². The van der Waals surface area contributed by atoms with Gasteiger partial charge in [-0.15, -0.1) is 0 Å². The number of thiophene rings is 1. The second-order valence-electron chi connectivity index (χ2n) is 2.52. The molecule has 0 N–H and O–H groups in total. The first-order chi connectivity index (χ1) is 6.33. The van der Waals surface area contributed by atoms with Crippen molar-refractivity contribution < 1.29 is 14.3 Å². The second kappa shape index (κ2) is 5.48. The molecule has 0 aliphatic carbocycles. The van der Waals surface area contributed by atoms with Gasteiger partial charge in [0.25, 0.3) is 0 Å². The molecule has 0 atom stereocenters. The number of hydrogen-bond acceptors (Lipinski definition) is 4. The molecule has 0 fully saturated rings. The summed E-state index contributed by atoms with van der Waals surface area (Å²) < 4.78 is 4.59. The fourth-order valence-corrected chi connectivity index (χ4v) is 1.62. The molecule has 0 bridgehead atoms. The third kappa shape index (κ3) is 3.85. The van der Waals surface area contributed by atoms with Crippen molar-refractivity contribution in [2.75, 3.05) is 6.61 Å². The Balaban J connectivity index is 2.08. The van der Waals surface area contributed by atoms with E-state index in [4.69, 9.17) is 0 Å². The number of esters is 1. The van der Waals surface area contributed by atoms with Crippen molar-refractivity contribution in [3.8, 4) is 0 Å². The van der Waals surface area contributed by atoms with Gasteiger partial charge in [0.2, 0.25) is 6.29 Å². The topological polar surface area (TPSA) is 43.4 Å². The predicted molar refractivity (Wildman–Crippen MR) is 49.7 cm³/mol. The van der Waals surface area contributed by atoms with Gasteiger partial charge in [0, 0.05) is 0 Å². The number of carbonyl (C=O) groups excluding carboxylic acids is 2. The third-order valence-electron chi connectivity index (χ3n) is 1.53. The van der Waals surface area contributed by atoms with E-state index in [9.17, 15) is 9.59 Å².